The second kappa shape index (κ2) is 9.68. The molecule has 1 saturated heterocycles. The predicted octanol–water partition coefficient (Wildman–Crippen LogP) is 6.26. The van der Waals surface area contributed by atoms with Crippen LogP contribution < -0.4 is 0 Å². The van der Waals surface area contributed by atoms with Gasteiger partial charge in [-0.3, -0.25) is 9.59 Å². The largest absolute Gasteiger partial charge is 0.507 e. The van der Waals surface area contributed by atoms with Crippen LogP contribution in [0, 0.1) is 17.8 Å². The van der Waals surface area contributed by atoms with Gasteiger partial charge in [0.05, 0.1) is 6.10 Å². The van der Waals surface area contributed by atoms with Crippen molar-refractivity contribution in [1.29, 1.82) is 0 Å². The molecule has 4 atom stereocenters. The van der Waals surface area contributed by atoms with Gasteiger partial charge in [0.2, 0.25) is 0 Å². The van der Waals surface area contributed by atoms with Gasteiger partial charge in [0.15, 0.2) is 11.6 Å². The molecule has 38 heavy (non-hydrogen) atoms. The maximum Gasteiger partial charge on any atom is 0.455 e. The fraction of sp³-hybridized carbons (Fsp3) is 0.312. The van der Waals surface area contributed by atoms with Crippen LogP contribution >= 0.6 is 0 Å². The number of allylic oxidation sites excluding steroid dienone is 2. The topological polar surface area (TPSA) is 83.8 Å². The second-order valence-electron chi connectivity index (χ2n) is 11.0. The zero-order valence-corrected chi connectivity index (χ0v) is 21.7. The van der Waals surface area contributed by atoms with E-state index in [4.69, 9.17) is 4.65 Å². The lowest BCUT2D eigenvalue weighted by atomic mass is 9.54. The Morgan fingerprint density at radius 1 is 0.974 bits per heavy atom. The van der Waals surface area contributed by atoms with Crippen LogP contribution in [-0.2, 0) is 4.65 Å². The molecule has 6 heteroatoms. The first-order valence-electron chi connectivity index (χ1n) is 13.4. The lowest BCUT2D eigenvalue weighted by Crippen LogP contribution is -2.50. The van der Waals surface area contributed by atoms with Crippen molar-refractivity contribution in [2.75, 3.05) is 0 Å². The maximum absolute atomic E-state index is 13.6. The normalized spacial score (nSPS) is 25.3. The summed E-state index contributed by atoms with van der Waals surface area (Å²) in [6.45, 7) is 4.13. The highest BCUT2D eigenvalue weighted by Crippen LogP contribution is 2.50. The molecule has 6 rings (SSSR count). The number of hydrogen-bond donors (Lipinski definition) is 2. The maximum atomic E-state index is 13.6. The molecule has 3 aliphatic rings. The van der Waals surface area contributed by atoms with Gasteiger partial charge in [-0.2, -0.15) is 0 Å². The van der Waals surface area contributed by atoms with Crippen LogP contribution in [0.1, 0.15) is 59.4 Å². The Bertz CT molecular complexity index is 1520. The minimum absolute atomic E-state index is 0.0170. The van der Waals surface area contributed by atoms with Gasteiger partial charge in [-0.1, -0.05) is 71.8 Å². The molecule has 0 radical (unpaired) electrons. The average molecular weight is 506 g/mol. The standard InChI is InChI=1S/C32H31BO5/c1-18(15-20-12-13-27(34)22-8-4-3-7-21(20)22)11-14-28-29-19(2)16-25-30(26(29)17-33(37)38-28)32(36)24-10-6-5-9-23(24)31(25)35/h3-10,12-13,15,25-26,28,30,34,37H,11,14,16-17H2,1-2H3/b18-15+/t25-,26+,28-,30-/m1/s1. The molecule has 1 heterocycles. The molecule has 0 aromatic heterocycles. The van der Waals surface area contributed by atoms with E-state index < -0.39 is 13.0 Å². The number of aromatic hydroxyl groups is 1. The van der Waals surface area contributed by atoms with Crippen molar-refractivity contribution < 1.29 is 24.4 Å². The van der Waals surface area contributed by atoms with Crippen LogP contribution in [-0.4, -0.2) is 34.9 Å². The Morgan fingerprint density at radius 2 is 1.66 bits per heavy atom. The number of carbonyl (C=O) groups is 2. The molecule has 0 spiro atoms. The number of Topliss-reactive ketones (excluding diaryl/α,β-unsaturated/α-hetero) is 2. The van der Waals surface area contributed by atoms with Gasteiger partial charge in [0, 0.05) is 28.3 Å². The summed E-state index contributed by atoms with van der Waals surface area (Å²) in [5, 5.41) is 22.7. The van der Waals surface area contributed by atoms with Gasteiger partial charge in [-0.05, 0) is 67.9 Å². The van der Waals surface area contributed by atoms with Gasteiger partial charge < -0.3 is 14.8 Å². The highest BCUT2D eigenvalue weighted by atomic mass is 16.5. The molecule has 2 aliphatic carbocycles. The summed E-state index contributed by atoms with van der Waals surface area (Å²) in [4.78, 5) is 27.0. The highest BCUT2D eigenvalue weighted by molar-refractivity contribution is 6.43. The van der Waals surface area contributed by atoms with Gasteiger partial charge in [0.1, 0.15) is 5.75 Å². The van der Waals surface area contributed by atoms with Gasteiger partial charge >= 0.3 is 7.12 Å². The quantitative estimate of drug-likeness (QED) is 0.323. The Kier molecular flexibility index (Phi) is 6.33. The Labute approximate surface area is 223 Å². The molecule has 3 aromatic rings. The molecular weight excluding hydrogens is 475 g/mol. The predicted molar refractivity (Wildman–Crippen MR) is 149 cm³/mol. The van der Waals surface area contributed by atoms with E-state index in [0.29, 0.717) is 30.3 Å². The third-order valence-corrected chi connectivity index (χ3v) is 8.64. The third-order valence-electron chi connectivity index (χ3n) is 8.64. The number of rotatable bonds is 4. The van der Waals surface area contributed by atoms with E-state index in [1.54, 1.807) is 18.2 Å². The minimum Gasteiger partial charge on any atom is -0.507 e. The molecule has 192 valence electrons. The smallest absolute Gasteiger partial charge is 0.455 e. The van der Waals surface area contributed by atoms with Crippen molar-refractivity contribution in [1.82, 2.24) is 0 Å². The first kappa shape index (κ1) is 24.8. The fourth-order valence-electron chi connectivity index (χ4n) is 6.95. The van der Waals surface area contributed by atoms with E-state index in [9.17, 15) is 19.7 Å². The van der Waals surface area contributed by atoms with Crippen LogP contribution in [0.2, 0.25) is 6.32 Å². The van der Waals surface area contributed by atoms with E-state index in [2.05, 4.69) is 19.9 Å². The van der Waals surface area contributed by atoms with Crippen LogP contribution in [0.25, 0.3) is 16.8 Å². The lowest BCUT2D eigenvalue weighted by Gasteiger charge is -2.46. The van der Waals surface area contributed by atoms with Crippen LogP contribution in [0.15, 0.2) is 77.4 Å². The minimum atomic E-state index is -0.967. The van der Waals surface area contributed by atoms with Crippen LogP contribution in [0.5, 0.6) is 5.75 Å². The second-order valence-corrected chi connectivity index (χ2v) is 11.0. The van der Waals surface area contributed by atoms with Gasteiger partial charge in [0.25, 0.3) is 0 Å². The Hall–Kier alpha value is -3.48. The van der Waals surface area contributed by atoms with E-state index in [1.165, 1.54) is 0 Å². The van der Waals surface area contributed by atoms with Crippen LogP contribution in [0.3, 0.4) is 0 Å². The van der Waals surface area contributed by atoms with E-state index in [-0.39, 0.29) is 35.3 Å². The molecule has 3 aromatic carbocycles. The lowest BCUT2D eigenvalue weighted by molar-refractivity contribution is 0.0601. The van der Waals surface area contributed by atoms with Crippen LogP contribution in [0.4, 0.5) is 0 Å². The number of ketones is 2. The fourth-order valence-corrected chi connectivity index (χ4v) is 6.95. The summed E-state index contributed by atoms with van der Waals surface area (Å²) >= 11 is 0. The summed E-state index contributed by atoms with van der Waals surface area (Å²) in [6, 6.07) is 18.6. The third kappa shape index (κ3) is 4.12. The number of benzene rings is 3. The number of hydrogen-bond acceptors (Lipinski definition) is 5. The molecule has 0 unspecified atom stereocenters. The molecule has 0 saturated carbocycles. The number of phenolic OH excluding ortho intramolecular Hbond substituents is 1. The zero-order valence-electron chi connectivity index (χ0n) is 21.7. The monoisotopic (exact) mass is 506 g/mol. The SMILES string of the molecule is CC1=C2[C@@H](CC/C(C)=C/c3ccc(O)c4ccccc34)OB(O)C[C@@H]2[C@@H]2C(=O)c3ccccc3C(=O)[C@@H]2C1. The van der Waals surface area contributed by atoms with E-state index in [1.807, 2.05) is 42.5 Å². The van der Waals surface area contributed by atoms with Crippen molar-refractivity contribution in [3.8, 4) is 5.75 Å². The molecule has 0 amide bonds. The number of fused-ring (bicyclic) bond motifs is 5. The van der Waals surface area contributed by atoms with Crippen molar-refractivity contribution in [3.05, 3.63) is 94.1 Å². The summed E-state index contributed by atoms with van der Waals surface area (Å²) in [5.41, 5.74) is 5.45. The molecule has 2 N–H and O–H groups in total. The van der Waals surface area contributed by atoms with Crippen molar-refractivity contribution in [2.45, 2.75) is 45.5 Å². The summed E-state index contributed by atoms with van der Waals surface area (Å²) in [5.74, 6) is -0.692. The first-order chi connectivity index (χ1) is 18.3. The Balaban J connectivity index is 1.27. The molecule has 0 bridgehead atoms. The summed E-state index contributed by atoms with van der Waals surface area (Å²) in [6.07, 6.45) is 4.15. The average Bonchev–Trinajstić information content (AvgIpc) is 2.92. The Morgan fingerprint density at radius 3 is 2.42 bits per heavy atom. The zero-order chi connectivity index (χ0) is 26.6. The summed E-state index contributed by atoms with van der Waals surface area (Å²) in [7, 11) is -0.967. The first-order valence-corrected chi connectivity index (χ1v) is 13.4. The highest BCUT2D eigenvalue weighted by Gasteiger charge is 2.52. The van der Waals surface area contributed by atoms with Crippen molar-refractivity contribution in [2.24, 2.45) is 17.8 Å². The van der Waals surface area contributed by atoms with Gasteiger partial charge in [-0.15, -0.1) is 0 Å². The number of phenols is 1. The van der Waals surface area contributed by atoms with E-state index in [0.717, 1.165) is 39.5 Å². The molecular formula is C32H31BO5. The summed E-state index contributed by atoms with van der Waals surface area (Å²) < 4.78 is 6.07. The van der Waals surface area contributed by atoms with Gasteiger partial charge in [-0.25, -0.2) is 0 Å². The molecule has 1 aliphatic heterocycles. The molecule has 5 nitrogen and oxygen atoms in total. The molecule has 1 fully saturated rings. The van der Waals surface area contributed by atoms with E-state index >= 15 is 0 Å². The number of carbonyl (C=O) groups excluding carboxylic acids is 2. The van der Waals surface area contributed by atoms with Crippen molar-refractivity contribution >= 4 is 35.5 Å². The van der Waals surface area contributed by atoms with Crippen molar-refractivity contribution in [3.63, 3.8) is 0 Å².